The Bertz CT molecular complexity index is 1280. The van der Waals surface area contributed by atoms with Crippen molar-refractivity contribution in [3.05, 3.63) is 33.2 Å². The van der Waals surface area contributed by atoms with Gasteiger partial charge in [-0.1, -0.05) is 0 Å². The summed E-state index contributed by atoms with van der Waals surface area (Å²) in [5.41, 5.74) is 2.29. The van der Waals surface area contributed by atoms with Crippen LogP contribution in [-0.4, -0.2) is 44.1 Å². The molecular weight excluding hydrogens is 434 g/mol. The summed E-state index contributed by atoms with van der Waals surface area (Å²) in [5, 5.41) is 3.49. The van der Waals surface area contributed by atoms with Crippen LogP contribution in [0.5, 0.6) is 11.5 Å². The Labute approximate surface area is 186 Å². The Hall–Kier alpha value is -2.55. The van der Waals surface area contributed by atoms with Gasteiger partial charge in [-0.2, -0.15) is 0 Å². The van der Waals surface area contributed by atoms with Crippen LogP contribution in [0.4, 0.5) is 0 Å². The van der Waals surface area contributed by atoms with E-state index < -0.39 is 9.84 Å². The van der Waals surface area contributed by atoms with Crippen LogP contribution in [0, 0.1) is 0 Å². The van der Waals surface area contributed by atoms with Crippen LogP contribution < -0.4 is 20.4 Å². The molecule has 1 atom stereocenters. The van der Waals surface area contributed by atoms with Crippen LogP contribution in [-0.2, 0) is 33.9 Å². The van der Waals surface area contributed by atoms with E-state index in [0.29, 0.717) is 35.5 Å². The number of carbonyl (C=O) groups excluding carboxylic acids is 1. The van der Waals surface area contributed by atoms with E-state index in [1.165, 1.54) is 0 Å². The lowest BCUT2D eigenvalue weighted by Crippen LogP contribution is -2.38. The number of amides is 1. The van der Waals surface area contributed by atoms with Crippen molar-refractivity contribution in [1.82, 2.24) is 5.32 Å². The van der Waals surface area contributed by atoms with Crippen molar-refractivity contribution >= 4 is 26.7 Å². The fourth-order valence-corrected chi connectivity index (χ4v) is 6.66. The highest BCUT2D eigenvalue weighted by Crippen LogP contribution is 2.44. The molecule has 0 unspecified atom stereocenters. The molecule has 32 heavy (non-hydrogen) atoms. The van der Waals surface area contributed by atoms with E-state index in [9.17, 15) is 18.0 Å². The van der Waals surface area contributed by atoms with Crippen LogP contribution in [0.25, 0.3) is 11.0 Å². The standard InChI is InChI=1S/C23H27NO7S/c1-23(2)8-6-16-17(31-23)10-18(20-14-4-3-5-15(14)22(26)30-21(16)20)29-11-19(25)24-13-7-9-32(27,28)12-13/h10,13H,3-9,11-12H2,1-2H3,(H,24,25)/t13-/m0/s1. The van der Waals surface area contributed by atoms with E-state index in [0.717, 1.165) is 42.2 Å². The average molecular weight is 462 g/mol. The van der Waals surface area contributed by atoms with Crippen molar-refractivity contribution in [1.29, 1.82) is 0 Å². The molecule has 3 heterocycles. The molecule has 0 bridgehead atoms. The molecule has 3 aliphatic rings. The van der Waals surface area contributed by atoms with Crippen LogP contribution in [0.2, 0.25) is 0 Å². The number of ether oxygens (including phenoxy) is 2. The summed E-state index contributed by atoms with van der Waals surface area (Å²) in [6.07, 6.45) is 4.23. The maximum atomic E-state index is 12.6. The molecule has 0 spiro atoms. The SMILES string of the molecule is CC1(C)CCc2c(cc(OCC(=O)N[C@H]3CCS(=O)(=O)C3)c3c4c(c(=O)oc23)CCC4)O1. The van der Waals surface area contributed by atoms with E-state index in [1.54, 1.807) is 6.07 Å². The van der Waals surface area contributed by atoms with E-state index in [2.05, 4.69) is 5.32 Å². The summed E-state index contributed by atoms with van der Waals surface area (Å²) in [7, 11) is -3.08. The molecule has 1 aromatic carbocycles. The molecule has 5 rings (SSSR count). The van der Waals surface area contributed by atoms with Crippen molar-refractivity contribution in [2.24, 2.45) is 0 Å². The summed E-state index contributed by atoms with van der Waals surface area (Å²) in [5.74, 6) is 0.724. The fourth-order valence-electron chi connectivity index (χ4n) is 4.99. The third-order valence-electron chi connectivity index (χ3n) is 6.59. The Kier molecular flexibility index (Phi) is 5.00. The van der Waals surface area contributed by atoms with Gasteiger partial charge in [0, 0.05) is 23.2 Å². The van der Waals surface area contributed by atoms with Crippen molar-refractivity contribution in [3.8, 4) is 11.5 Å². The molecule has 1 amide bonds. The highest BCUT2D eigenvalue weighted by atomic mass is 32.2. The van der Waals surface area contributed by atoms with Crippen LogP contribution >= 0.6 is 0 Å². The molecule has 1 fully saturated rings. The molecule has 172 valence electrons. The van der Waals surface area contributed by atoms with Gasteiger partial charge < -0.3 is 19.2 Å². The molecule has 8 nitrogen and oxygen atoms in total. The Morgan fingerprint density at radius 1 is 1.22 bits per heavy atom. The number of sulfone groups is 1. The molecule has 2 aliphatic heterocycles. The fraction of sp³-hybridized carbons (Fsp3) is 0.565. The van der Waals surface area contributed by atoms with Gasteiger partial charge in [-0.25, -0.2) is 13.2 Å². The zero-order valence-corrected chi connectivity index (χ0v) is 19.1. The maximum Gasteiger partial charge on any atom is 0.339 e. The van der Waals surface area contributed by atoms with Gasteiger partial charge >= 0.3 is 5.63 Å². The average Bonchev–Trinajstić information content (AvgIpc) is 3.32. The highest BCUT2D eigenvalue weighted by molar-refractivity contribution is 7.91. The maximum absolute atomic E-state index is 12.6. The second kappa shape index (κ2) is 7.50. The Balaban J connectivity index is 1.49. The van der Waals surface area contributed by atoms with Crippen LogP contribution in [0.15, 0.2) is 15.3 Å². The van der Waals surface area contributed by atoms with Crippen molar-refractivity contribution in [3.63, 3.8) is 0 Å². The zero-order valence-electron chi connectivity index (χ0n) is 18.3. The number of carbonyl (C=O) groups is 1. The number of aryl methyl sites for hydroxylation is 2. The molecule has 0 radical (unpaired) electrons. The largest absolute Gasteiger partial charge is 0.487 e. The first-order chi connectivity index (χ1) is 15.1. The molecule has 1 aromatic heterocycles. The first-order valence-corrected chi connectivity index (χ1v) is 12.9. The molecule has 1 saturated heterocycles. The summed E-state index contributed by atoms with van der Waals surface area (Å²) in [6, 6.07) is 1.41. The normalized spacial score (nSPS) is 22.8. The lowest BCUT2D eigenvalue weighted by molar-refractivity contribution is -0.123. The second-order valence-electron chi connectivity index (χ2n) is 9.57. The number of hydrogen-bond donors (Lipinski definition) is 1. The summed E-state index contributed by atoms with van der Waals surface area (Å²) >= 11 is 0. The van der Waals surface area contributed by atoms with E-state index in [4.69, 9.17) is 13.9 Å². The minimum Gasteiger partial charge on any atom is -0.487 e. The van der Waals surface area contributed by atoms with Crippen LogP contribution in [0.3, 0.4) is 0 Å². The monoisotopic (exact) mass is 461 g/mol. The predicted molar refractivity (Wildman–Crippen MR) is 118 cm³/mol. The van der Waals surface area contributed by atoms with Crippen molar-refractivity contribution < 1.29 is 27.1 Å². The lowest BCUT2D eigenvalue weighted by atomic mass is 9.91. The van der Waals surface area contributed by atoms with Crippen LogP contribution in [0.1, 0.15) is 49.8 Å². The van der Waals surface area contributed by atoms with Gasteiger partial charge in [0.25, 0.3) is 5.91 Å². The highest BCUT2D eigenvalue weighted by Gasteiger charge is 2.33. The van der Waals surface area contributed by atoms with Gasteiger partial charge in [-0.05, 0) is 57.9 Å². The van der Waals surface area contributed by atoms with Crippen molar-refractivity contribution in [2.45, 2.75) is 64.0 Å². The quantitative estimate of drug-likeness (QED) is 0.694. The third kappa shape index (κ3) is 3.87. The Morgan fingerprint density at radius 2 is 2.00 bits per heavy atom. The van der Waals surface area contributed by atoms with Gasteiger partial charge in [0.2, 0.25) is 0 Å². The molecule has 1 aliphatic carbocycles. The van der Waals surface area contributed by atoms with Crippen molar-refractivity contribution in [2.75, 3.05) is 18.1 Å². The molecule has 1 N–H and O–H groups in total. The van der Waals surface area contributed by atoms with Gasteiger partial charge in [0.1, 0.15) is 22.7 Å². The number of fused-ring (bicyclic) bond motifs is 5. The first-order valence-electron chi connectivity index (χ1n) is 11.1. The van der Waals surface area contributed by atoms with Gasteiger partial charge in [0.05, 0.1) is 16.9 Å². The minimum absolute atomic E-state index is 0.0396. The molecular formula is C23H27NO7S. The van der Waals surface area contributed by atoms with E-state index in [1.807, 2.05) is 13.8 Å². The first kappa shape index (κ1) is 21.3. The third-order valence-corrected chi connectivity index (χ3v) is 8.36. The Morgan fingerprint density at radius 3 is 2.75 bits per heavy atom. The number of benzene rings is 1. The number of hydrogen-bond acceptors (Lipinski definition) is 7. The number of rotatable bonds is 4. The smallest absolute Gasteiger partial charge is 0.339 e. The van der Waals surface area contributed by atoms with E-state index >= 15 is 0 Å². The summed E-state index contributed by atoms with van der Waals surface area (Å²) in [4.78, 5) is 25.1. The van der Waals surface area contributed by atoms with Gasteiger partial charge in [-0.15, -0.1) is 0 Å². The predicted octanol–water partition coefficient (Wildman–Crippen LogP) is 2.07. The summed E-state index contributed by atoms with van der Waals surface area (Å²) in [6.45, 7) is 3.74. The minimum atomic E-state index is -3.08. The topological polar surface area (TPSA) is 112 Å². The van der Waals surface area contributed by atoms with Gasteiger partial charge in [-0.3, -0.25) is 4.79 Å². The second-order valence-corrected chi connectivity index (χ2v) is 11.8. The number of nitrogens with one attached hydrogen (secondary N) is 1. The van der Waals surface area contributed by atoms with E-state index in [-0.39, 0.29) is 41.3 Å². The summed E-state index contributed by atoms with van der Waals surface area (Å²) < 4.78 is 41.1. The lowest BCUT2D eigenvalue weighted by Gasteiger charge is -2.33. The zero-order chi connectivity index (χ0) is 22.7. The van der Waals surface area contributed by atoms with Gasteiger partial charge in [0.15, 0.2) is 16.4 Å². The molecule has 2 aromatic rings. The molecule has 9 heteroatoms. The molecule has 0 saturated carbocycles.